The molecule has 0 spiro atoms. The number of aliphatic hydroxyl groups excluding tert-OH is 1. The standard InChI is InChI=1S/C36H32N6O3/c1-20(18-43)11-12-24-14-31-33(38-17-24)35(40-23(4)39-31)41-30-10-6-8-28(22(30)3)27-7-5-9-29(21(27)2)36-42-32-15-25(19-44)13-26(16-37)34(32)45-36/h5-10,13-15,17,19-20,43H,11-12,18H2,1-4H3,(H,39,40,41)/t20-/m1/s1. The Morgan fingerprint density at radius 2 is 1.73 bits per heavy atom. The van der Waals surface area contributed by atoms with Gasteiger partial charge in [0.15, 0.2) is 11.4 Å². The van der Waals surface area contributed by atoms with E-state index in [0.717, 1.165) is 57.4 Å². The van der Waals surface area contributed by atoms with E-state index < -0.39 is 0 Å². The second-order valence-corrected chi connectivity index (χ2v) is 11.4. The van der Waals surface area contributed by atoms with Gasteiger partial charge < -0.3 is 14.8 Å². The molecule has 9 heteroatoms. The number of nitrogens with zero attached hydrogens (tertiary/aromatic N) is 5. The van der Waals surface area contributed by atoms with Crippen LogP contribution in [0.15, 0.2) is 65.2 Å². The molecule has 0 aliphatic rings. The molecule has 3 aromatic heterocycles. The average Bonchev–Trinajstić information content (AvgIpc) is 3.48. The first kappa shape index (κ1) is 29.6. The second kappa shape index (κ2) is 12.3. The van der Waals surface area contributed by atoms with Gasteiger partial charge in [-0.2, -0.15) is 5.26 Å². The Bertz CT molecular complexity index is 2130. The van der Waals surface area contributed by atoms with Crippen LogP contribution in [0.5, 0.6) is 0 Å². The lowest BCUT2D eigenvalue weighted by Crippen LogP contribution is -2.04. The molecule has 1 atom stereocenters. The number of aryl methyl sites for hydroxylation is 2. The number of carbonyl (C=O) groups excluding carboxylic acids is 1. The Kier molecular flexibility index (Phi) is 8.07. The Balaban J connectivity index is 1.36. The number of hydrogen-bond donors (Lipinski definition) is 2. The van der Waals surface area contributed by atoms with Crippen LogP contribution in [-0.4, -0.2) is 37.9 Å². The van der Waals surface area contributed by atoms with Crippen molar-refractivity contribution in [2.24, 2.45) is 5.92 Å². The lowest BCUT2D eigenvalue weighted by atomic mass is 9.93. The van der Waals surface area contributed by atoms with E-state index in [1.807, 2.05) is 51.2 Å². The van der Waals surface area contributed by atoms with Crippen molar-refractivity contribution in [1.29, 1.82) is 5.26 Å². The van der Waals surface area contributed by atoms with E-state index in [0.29, 0.717) is 46.0 Å². The first-order valence-corrected chi connectivity index (χ1v) is 14.8. The zero-order chi connectivity index (χ0) is 31.7. The molecule has 3 heterocycles. The number of oxazole rings is 1. The quantitative estimate of drug-likeness (QED) is 0.163. The van der Waals surface area contributed by atoms with Crippen molar-refractivity contribution in [3.63, 3.8) is 0 Å². The molecule has 0 unspecified atom stereocenters. The van der Waals surface area contributed by atoms with Crippen molar-refractivity contribution in [3.8, 4) is 28.7 Å². The number of nitriles is 1. The predicted molar refractivity (Wildman–Crippen MR) is 174 cm³/mol. The van der Waals surface area contributed by atoms with Gasteiger partial charge in [-0.15, -0.1) is 0 Å². The summed E-state index contributed by atoms with van der Waals surface area (Å²) in [7, 11) is 0. The van der Waals surface area contributed by atoms with Gasteiger partial charge >= 0.3 is 0 Å². The van der Waals surface area contributed by atoms with Crippen LogP contribution in [-0.2, 0) is 6.42 Å². The van der Waals surface area contributed by atoms with Gasteiger partial charge in [0.1, 0.15) is 29.2 Å². The molecule has 3 aromatic carbocycles. The highest BCUT2D eigenvalue weighted by Crippen LogP contribution is 2.37. The number of nitrogens with one attached hydrogen (secondary N) is 1. The lowest BCUT2D eigenvalue weighted by molar-refractivity contribution is 0.112. The first-order valence-electron chi connectivity index (χ1n) is 14.8. The van der Waals surface area contributed by atoms with Crippen LogP contribution in [0.25, 0.3) is 44.7 Å². The van der Waals surface area contributed by atoms with E-state index >= 15 is 0 Å². The number of anilines is 2. The van der Waals surface area contributed by atoms with E-state index in [-0.39, 0.29) is 18.1 Å². The minimum atomic E-state index is 0.168. The number of pyridine rings is 1. The summed E-state index contributed by atoms with van der Waals surface area (Å²) in [6, 6.07) is 19.3. The number of hydrogen-bond acceptors (Lipinski definition) is 9. The highest BCUT2D eigenvalue weighted by molar-refractivity contribution is 5.91. The molecular formula is C36H32N6O3. The molecule has 0 bridgehead atoms. The SMILES string of the molecule is Cc1nc(Nc2cccc(-c3cccc(-c4nc5cc(C=O)cc(C#N)c5o4)c3C)c2C)c2ncc(CC[C@@H](C)CO)cc2n1. The Labute approximate surface area is 260 Å². The summed E-state index contributed by atoms with van der Waals surface area (Å²) in [4.78, 5) is 30.1. The largest absolute Gasteiger partial charge is 0.435 e. The molecule has 0 saturated heterocycles. The summed E-state index contributed by atoms with van der Waals surface area (Å²) >= 11 is 0. The minimum absolute atomic E-state index is 0.168. The average molecular weight is 597 g/mol. The fourth-order valence-corrected chi connectivity index (χ4v) is 5.58. The van der Waals surface area contributed by atoms with Crippen LogP contribution < -0.4 is 5.32 Å². The van der Waals surface area contributed by atoms with E-state index in [4.69, 9.17) is 14.4 Å². The van der Waals surface area contributed by atoms with Crippen LogP contribution in [0.3, 0.4) is 0 Å². The number of carbonyl (C=O) groups is 1. The number of aliphatic hydroxyl groups is 1. The molecule has 0 amide bonds. The van der Waals surface area contributed by atoms with Gasteiger partial charge in [-0.05, 0) is 97.7 Å². The van der Waals surface area contributed by atoms with Crippen LogP contribution >= 0.6 is 0 Å². The van der Waals surface area contributed by atoms with Crippen molar-refractivity contribution >= 4 is 39.9 Å². The van der Waals surface area contributed by atoms with Gasteiger partial charge in [-0.3, -0.25) is 9.78 Å². The second-order valence-electron chi connectivity index (χ2n) is 11.4. The molecular weight excluding hydrogens is 564 g/mol. The monoisotopic (exact) mass is 596 g/mol. The number of aldehydes is 1. The van der Waals surface area contributed by atoms with Gasteiger partial charge in [-0.1, -0.05) is 31.2 Å². The molecule has 0 radical (unpaired) electrons. The highest BCUT2D eigenvalue weighted by Gasteiger charge is 2.18. The Morgan fingerprint density at radius 1 is 0.978 bits per heavy atom. The fraction of sp³-hybridized carbons (Fsp3) is 0.222. The third-order valence-electron chi connectivity index (χ3n) is 8.15. The predicted octanol–water partition coefficient (Wildman–Crippen LogP) is 7.41. The Hall–Kier alpha value is -5.46. The first-order chi connectivity index (χ1) is 21.8. The molecule has 2 N–H and O–H groups in total. The topological polar surface area (TPSA) is 138 Å². The van der Waals surface area contributed by atoms with Gasteiger partial charge in [0, 0.05) is 29.6 Å². The third kappa shape index (κ3) is 5.76. The van der Waals surface area contributed by atoms with E-state index in [9.17, 15) is 15.2 Å². The molecule has 0 saturated carbocycles. The summed E-state index contributed by atoms with van der Waals surface area (Å²) in [5.74, 6) is 1.89. The van der Waals surface area contributed by atoms with Crippen LogP contribution in [0, 0.1) is 38.0 Å². The zero-order valence-corrected chi connectivity index (χ0v) is 25.5. The zero-order valence-electron chi connectivity index (χ0n) is 25.5. The molecule has 0 aliphatic heterocycles. The van der Waals surface area contributed by atoms with Gasteiger partial charge in [0.2, 0.25) is 5.89 Å². The van der Waals surface area contributed by atoms with E-state index in [1.54, 1.807) is 6.07 Å². The van der Waals surface area contributed by atoms with Crippen LogP contribution in [0.2, 0.25) is 0 Å². The number of fused-ring (bicyclic) bond motifs is 2. The molecule has 9 nitrogen and oxygen atoms in total. The van der Waals surface area contributed by atoms with E-state index in [2.05, 4.69) is 46.5 Å². The Morgan fingerprint density at radius 3 is 2.49 bits per heavy atom. The molecule has 6 rings (SSSR count). The maximum absolute atomic E-state index is 11.4. The van der Waals surface area contributed by atoms with Gasteiger partial charge in [0.05, 0.1) is 11.1 Å². The molecule has 0 aliphatic carbocycles. The summed E-state index contributed by atoms with van der Waals surface area (Å²) in [6.45, 7) is 8.15. The summed E-state index contributed by atoms with van der Waals surface area (Å²) in [6.07, 6.45) is 4.25. The molecule has 6 aromatic rings. The summed E-state index contributed by atoms with van der Waals surface area (Å²) < 4.78 is 6.08. The van der Waals surface area contributed by atoms with Gasteiger partial charge in [-0.25, -0.2) is 15.0 Å². The molecule has 45 heavy (non-hydrogen) atoms. The fourth-order valence-electron chi connectivity index (χ4n) is 5.58. The third-order valence-corrected chi connectivity index (χ3v) is 8.15. The van der Waals surface area contributed by atoms with Crippen LogP contribution in [0.1, 0.15) is 51.8 Å². The molecule has 224 valence electrons. The van der Waals surface area contributed by atoms with Crippen molar-refractivity contribution < 1.29 is 14.3 Å². The molecule has 0 fully saturated rings. The van der Waals surface area contributed by atoms with Crippen molar-refractivity contribution in [2.75, 3.05) is 11.9 Å². The van der Waals surface area contributed by atoms with Crippen LogP contribution in [0.4, 0.5) is 11.5 Å². The van der Waals surface area contributed by atoms with Gasteiger partial charge in [0.25, 0.3) is 0 Å². The maximum atomic E-state index is 11.4. The smallest absolute Gasteiger partial charge is 0.227 e. The van der Waals surface area contributed by atoms with Crippen molar-refractivity contribution in [3.05, 3.63) is 94.4 Å². The van der Waals surface area contributed by atoms with Crippen molar-refractivity contribution in [2.45, 2.75) is 40.5 Å². The summed E-state index contributed by atoms with van der Waals surface area (Å²) in [5.41, 5.74) is 9.71. The highest BCUT2D eigenvalue weighted by atomic mass is 16.3. The number of aromatic nitrogens is 4. The lowest BCUT2D eigenvalue weighted by Gasteiger charge is -2.17. The summed E-state index contributed by atoms with van der Waals surface area (Å²) in [5, 5.41) is 22.5. The maximum Gasteiger partial charge on any atom is 0.227 e. The normalized spacial score (nSPS) is 11.9. The number of rotatable bonds is 9. The van der Waals surface area contributed by atoms with E-state index in [1.165, 1.54) is 6.07 Å². The van der Waals surface area contributed by atoms with Crippen molar-refractivity contribution in [1.82, 2.24) is 19.9 Å². The minimum Gasteiger partial charge on any atom is -0.435 e. The number of benzene rings is 3.